The lowest BCUT2D eigenvalue weighted by Gasteiger charge is -2.10. The predicted octanol–water partition coefficient (Wildman–Crippen LogP) is 1.58. The second-order valence-corrected chi connectivity index (χ2v) is 6.56. The van der Waals surface area contributed by atoms with Gasteiger partial charge in [-0.3, -0.25) is 4.72 Å². The molecule has 0 bridgehead atoms. The topological polar surface area (TPSA) is 71.1 Å². The van der Waals surface area contributed by atoms with Gasteiger partial charge in [0.05, 0.1) is 10.2 Å². The first-order valence-electron chi connectivity index (χ1n) is 5.25. The van der Waals surface area contributed by atoms with Crippen molar-refractivity contribution in [2.45, 2.75) is 19.9 Å². The van der Waals surface area contributed by atoms with Crippen LogP contribution in [0.5, 0.6) is 0 Å². The van der Waals surface area contributed by atoms with Crippen LogP contribution in [0.25, 0.3) is 0 Å². The number of anilines is 1. The Kier molecular flexibility index (Phi) is 5.35. The number of pyridine rings is 1. The molecule has 0 aliphatic rings. The van der Waals surface area contributed by atoms with E-state index in [9.17, 15) is 8.42 Å². The van der Waals surface area contributed by atoms with E-state index in [2.05, 4.69) is 31.0 Å². The molecule has 0 fully saturated rings. The lowest BCUT2D eigenvalue weighted by Crippen LogP contribution is -2.31. The number of halogens is 1. The molecule has 5 nitrogen and oxygen atoms in total. The van der Waals surface area contributed by atoms with Crippen molar-refractivity contribution in [1.29, 1.82) is 0 Å². The van der Waals surface area contributed by atoms with Gasteiger partial charge in [0, 0.05) is 18.8 Å². The molecule has 0 spiro atoms. The molecule has 2 N–H and O–H groups in total. The number of hydrogen-bond acceptors (Lipinski definition) is 4. The van der Waals surface area contributed by atoms with Gasteiger partial charge in [-0.15, -0.1) is 0 Å². The van der Waals surface area contributed by atoms with E-state index in [0.717, 1.165) is 0 Å². The van der Waals surface area contributed by atoms with Crippen molar-refractivity contribution in [2.24, 2.45) is 0 Å². The Morgan fingerprint density at radius 2 is 2.18 bits per heavy atom. The third kappa shape index (κ3) is 5.47. The highest BCUT2D eigenvalue weighted by atomic mass is 79.9. The van der Waals surface area contributed by atoms with Gasteiger partial charge in [-0.2, -0.15) is 0 Å². The number of hydrogen-bond donors (Lipinski definition) is 2. The summed E-state index contributed by atoms with van der Waals surface area (Å²) in [6.45, 7) is 4.35. The first kappa shape index (κ1) is 14.4. The summed E-state index contributed by atoms with van der Waals surface area (Å²) in [5.74, 6) is 0.339. The molecule has 17 heavy (non-hydrogen) atoms. The number of nitrogens with one attached hydrogen (secondary N) is 2. The van der Waals surface area contributed by atoms with Gasteiger partial charge >= 0.3 is 0 Å². The molecule has 1 aromatic heterocycles. The zero-order valence-electron chi connectivity index (χ0n) is 9.77. The van der Waals surface area contributed by atoms with Gasteiger partial charge < -0.3 is 5.32 Å². The Morgan fingerprint density at radius 1 is 1.47 bits per heavy atom. The van der Waals surface area contributed by atoms with Gasteiger partial charge in [0.15, 0.2) is 5.82 Å². The normalized spacial score (nSPS) is 11.8. The molecule has 1 heterocycles. The molecule has 1 rings (SSSR count). The molecule has 7 heteroatoms. The molecule has 0 atom stereocenters. The molecular formula is C10H16BrN3O2S. The Morgan fingerprint density at radius 3 is 2.76 bits per heavy atom. The summed E-state index contributed by atoms with van der Waals surface area (Å²) in [4.78, 5) is 3.95. The fourth-order valence-electron chi connectivity index (χ4n) is 1.14. The second kappa shape index (κ2) is 6.32. The van der Waals surface area contributed by atoms with E-state index in [-0.39, 0.29) is 11.8 Å². The molecular weight excluding hydrogens is 306 g/mol. The summed E-state index contributed by atoms with van der Waals surface area (Å²) in [7, 11) is -3.36. The van der Waals surface area contributed by atoms with Crippen LogP contribution in [0.1, 0.15) is 13.8 Å². The van der Waals surface area contributed by atoms with Crippen molar-refractivity contribution < 1.29 is 8.42 Å². The minimum absolute atomic E-state index is 0.0220. The Labute approximate surface area is 110 Å². The molecule has 96 valence electrons. The zero-order chi connectivity index (χ0) is 12.9. The van der Waals surface area contributed by atoms with Crippen LogP contribution in [0, 0.1) is 0 Å². The van der Waals surface area contributed by atoms with E-state index < -0.39 is 10.0 Å². The summed E-state index contributed by atoms with van der Waals surface area (Å²) < 4.78 is 26.5. The average Bonchev–Trinajstić information content (AvgIpc) is 2.20. The first-order valence-corrected chi connectivity index (χ1v) is 7.69. The maximum Gasteiger partial charge on any atom is 0.235 e. The van der Waals surface area contributed by atoms with E-state index in [1.165, 1.54) is 6.20 Å². The number of aromatic nitrogens is 1. The predicted molar refractivity (Wildman–Crippen MR) is 72.5 cm³/mol. The SMILES string of the molecule is CC(C)NCCS(=O)(=O)Nc1ncccc1Br. The molecule has 0 amide bonds. The van der Waals surface area contributed by atoms with Gasteiger partial charge in [0.1, 0.15) is 0 Å². The third-order valence-corrected chi connectivity index (χ3v) is 3.82. The summed E-state index contributed by atoms with van der Waals surface area (Å²) in [5.41, 5.74) is 0. The van der Waals surface area contributed by atoms with Gasteiger partial charge in [-0.25, -0.2) is 13.4 Å². The van der Waals surface area contributed by atoms with Gasteiger partial charge in [0.2, 0.25) is 10.0 Å². The third-order valence-electron chi connectivity index (χ3n) is 1.93. The fraction of sp³-hybridized carbons (Fsp3) is 0.500. The maximum atomic E-state index is 11.7. The highest BCUT2D eigenvalue weighted by molar-refractivity contribution is 9.10. The fourth-order valence-corrected chi connectivity index (χ4v) is 2.57. The van der Waals surface area contributed by atoms with Crippen LogP contribution in [-0.4, -0.2) is 31.7 Å². The van der Waals surface area contributed by atoms with E-state index >= 15 is 0 Å². The van der Waals surface area contributed by atoms with Crippen molar-refractivity contribution in [3.63, 3.8) is 0 Å². The van der Waals surface area contributed by atoms with Crippen molar-refractivity contribution >= 4 is 31.8 Å². The molecule has 1 aromatic rings. The lowest BCUT2D eigenvalue weighted by atomic mass is 10.4. The van der Waals surface area contributed by atoms with Gasteiger partial charge in [0.25, 0.3) is 0 Å². The number of nitrogens with zero attached hydrogens (tertiary/aromatic N) is 1. The lowest BCUT2D eigenvalue weighted by molar-refractivity contribution is 0.581. The molecule has 0 unspecified atom stereocenters. The van der Waals surface area contributed by atoms with Gasteiger partial charge in [-0.1, -0.05) is 13.8 Å². The Balaban J connectivity index is 2.58. The Hall–Kier alpha value is -0.660. The first-order chi connectivity index (χ1) is 7.91. The molecule has 0 saturated carbocycles. The van der Waals surface area contributed by atoms with Gasteiger partial charge in [-0.05, 0) is 28.1 Å². The van der Waals surface area contributed by atoms with Crippen LogP contribution in [0.3, 0.4) is 0 Å². The van der Waals surface area contributed by atoms with E-state index in [1.54, 1.807) is 12.1 Å². The zero-order valence-corrected chi connectivity index (χ0v) is 12.2. The average molecular weight is 322 g/mol. The molecule has 0 aromatic carbocycles. The van der Waals surface area contributed by atoms with Crippen molar-refractivity contribution in [3.8, 4) is 0 Å². The van der Waals surface area contributed by atoms with Crippen molar-refractivity contribution in [3.05, 3.63) is 22.8 Å². The highest BCUT2D eigenvalue weighted by Crippen LogP contribution is 2.19. The molecule has 0 aliphatic carbocycles. The minimum atomic E-state index is -3.36. The number of rotatable bonds is 6. The van der Waals surface area contributed by atoms with E-state index in [1.807, 2.05) is 13.8 Å². The summed E-state index contributed by atoms with van der Waals surface area (Å²) in [6.07, 6.45) is 1.54. The monoisotopic (exact) mass is 321 g/mol. The highest BCUT2D eigenvalue weighted by Gasteiger charge is 2.12. The van der Waals surface area contributed by atoms with Crippen LogP contribution < -0.4 is 10.0 Å². The van der Waals surface area contributed by atoms with E-state index in [4.69, 9.17) is 0 Å². The van der Waals surface area contributed by atoms with Crippen LogP contribution >= 0.6 is 15.9 Å². The summed E-state index contributed by atoms with van der Waals surface area (Å²) in [5, 5.41) is 3.05. The maximum absolute atomic E-state index is 11.7. The molecule has 0 radical (unpaired) electrons. The number of sulfonamides is 1. The van der Waals surface area contributed by atoms with Crippen LogP contribution in [-0.2, 0) is 10.0 Å². The van der Waals surface area contributed by atoms with E-state index in [0.29, 0.717) is 16.8 Å². The molecule has 0 aliphatic heterocycles. The van der Waals surface area contributed by atoms with Crippen molar-refractivity contribution in [1.82, 2.24) is 10.3 Å². The van der Waals surface area contributed by atoms with Crippen LogP contribution in [0.2, 0.25) is 0 Å². The second-order valence-electron chi connectivity index (χ2n) is 3.86. The van der Waals surface area contributed by atoms with Crippen LogP contribution in [0.15, 0.2) is 22.8 Å². The summed E-state index contributed by atoms with van der Waals surface area (Å²) >= 11 is 3.24. The summed E-state index contributed by atoms with van der Waals surface area (Å²) in [6, 6.07) is 3.73. The van der Waals surface area contributed by atoms with Crippen molar-refractivity contribution in [2.75, 3.05) is 17.0 Å². The quantitative estimate of drug-likeness (QED) is 0.834. The van der Waals surface area contributed by atoms with Crippen LogP contribution in [0.4, 0.5) is 5.82 Å². The largest absolute Gasteiger partial charge is 0.313 e. The standard InChI is InChI=1S/C10H16BrN3O2S/c1-8(2)12-6-7-17(15,16)14-10-9(11)4-3-5-13-10/h3-5,8,12H,6-7H2,1-2H3,(H,13,14). The molecule has 0 saturated heterocycles. The smallest absolute Gasteiger partial charge is 0.235 e. The Bertz CT molecular complexity index is 462. The minimum Gasteiger partial charge on any atom is -0.313 e.